The maximum atomic E-state index is 15.1. The van der Waals surface area contributed by atoms with Crippen LogP contribution >= 0.6 is 0 Å². The quantitative estimate of drug-likeness (QED) is 0.417. The molecule has 0 saturated carbocycles. The van der Waals surface area contributed by atoms with E-state index in [1.807, 2.05) is 34.6 Å². The molecule has 0 amide bonds. The Morgan fingerprint density at radius 3 is 2.10 bits per heavy atom. The van der Waals surface area contributed by atoms with Crippen molar-refractivity contribution in [3.8, 4) is 22.8 Å². The summed E-state index contributed by atoms with van der Waals surface area (Å²) in [7, 11) is 1.62. The first-order valence-electron chi connectivity index (χ1n) is 9.35. The molecule has 29 heavy (non-hydrogen) atoms. The fourth-order valence-corrected chi connectivity index (χ4v) is 3.51. The zero-order valence-corrected chi connectivity index (χ0v) is 17.3. The van der Waals surface area contributed by atoms with Crippen molar-refractivity contribution in [3.63, 3.8) is 0 Å². The van der Waals surface area contributed by atoms with Crippen LogP contribution in [0.4, 0.5) is 17.6 Å². The summed E-state index contributed by atoms with van der Waals surface area (Å²) in [6.45, 7) is 9.30. The van der Waals surface area contributed by atoms with E-state index >= 15 is 4.39 Å². The number of aromatic nitrogens is 3. The van der Waals surface area contributed by atoms with Gasteiger partial charge in [0.1, 0.15) is 23.3 Å². The Kier molecular flexibility index (Phi) is 5.28. The van der Waals surface area contributed by atoms with Gasteiger partial charge in [-0.1, -0.05) is 20.8 Å². The number of nitrogens with zero attached hydrogens (tertiary/aromatic N) is 3. The van der Waals surface area contributed by atoms with Crippen molar-refractivity contribution in [2.24, 2.45) is 7.05 Å². The molecule has 0 aliphatic heterocycles. The van der Waals surface area contributed by atoms with E-state index in [4.69, 9.17) is 0 Å². The van der Waals surface area contributed by atoms with Gasteiger partial charge in [0.15, 0.2) is 0 Å². The fraction of sp³-hybridized carbons (Fsp3) is 0.364. The van der Waals surface area contributed by atoms with E-state index in [1.54, 1.807) is 11.6 Å². The molecule has 1 heterocycles. The molecule has 1 aromatic heterocycles. The molecule has 0 fully saturated rings. The molecular formula is C22H24F4N3+. The highest BCUT2D eigenvalue weighted by Gasteiger charge is 2.35. The molecule has 0 N–H and O–H groups in total. The molecule has 3 nitrogen and oxygen atoms in total. The highest BCUT2D eigenvalue weighted by atomic mass is 19.1. The van der Waals surface area contributed by atoms with E-state index in [0.29, 0.717) is 11.4 Å². The molecule has 0 unspecified atom stereocenters. The molecule has 7 heteroatoms. The second-order valence-electron chi connectivity index (χ2n) is 8.42. The molecular weight excluding hydrogens is 382 g/mol. The number of aryl methyl sites for hydroxylation is 1. The smallest absolute Gasteiger partial charge is 0.221 e. The van der Waals surface area contributed by atoms with Crippen molar-refractivity contribution >= 4 is 0 Å². The lowest BCUT2D eigenvalue weighted by Gasteiger charge is -2.23. The van der Waals surface area contributed by atoms with Crippen molar-refractivity contribution in [3.05, 3.63) is 59.2 Å². The van der Waals surface area contributed by atoms with Crippen LogP contribution < -0.4 is 4.57 Å². The molecule has 0 saturated heterocycles. The van der Waals surface area contributed by atoms with Crippen LogP contribution in [0.5, 0.6) is 0 Å². The molecule has 0 atom stereocenters. The average Bonchev–Trinajstić information content (AvgIpc) is 2.90. The van der Waals surface area contributed by atoms with E-state index < -0.39 is 28.7 Å². The van der Waals surface area contributed by atoms with Crippen LogP contribution in [0.3, 0.4) is 0 Å². The minimum absolute atomic E-state index is 0.0989. The lowest BCUT2D eigenvalue weighted by molar-refractivity contribution is -0.696. The Bertz CT molecular complexity index is 1080. The monoisotopic (exact) mass is 406 g/mol. The van der Waals surface area contributed by atoms with Crippen molar-refractivity contribution in [2.45, 2.75) is 46.1 Å². The summed E-state index contributed by atoms with van der Waals surface area (Å²) in [5.41, 5.74) is 0.218. The van der Waals surface area contributed by atoms with Crippen LogP contribution in [0.15, 0.2) is 30.3 Å². The normalized spacial score (nSPS) is 12.1. The van der Waals surface area contributed by atoms with Crippen molar-refractivity contribution in [1.29, 1.82) is 0 Å². The maximum absolute atomic E-state index is 15.1. The van der Waals surface area contributed by atoms with Crippen molar-refractivity contribution in [2.75, 3.05) is 0 Å². The summed E-state index contributed by atoms with van der Waals surface area (Å²) < 4.78 is 60.1. The lowest BCUT2D eigenvalue weighted by Crippen LogP contribution is -2.40. The summed E-state index contributed by atoms with van der Waals surface area (Å²) in [4.78, 5) is 0. The van der Waals surface area contributed by atoms with Gasteiger partial charge >= 0.3 is 5.82 Å². The van der Waals surface area contributed by atoms with Gasteiger partial charge in [0.05, 0.1) is 24.2 Å². The predicted molar refractivity (Wildman–Crippen MR) is 103 cm³/mol. The summed E-state index contributed by atoms with van der Waals surface area (Å²) in [5.74, 6) is -2.24. The van der Waals surface area contributed by atoms with Gasteiger partial charge in [-0.05, 0) is 43.0 Å². The Hall–Kier alpha value is -2.70. The number of hydrogen-bond donors (Lipinski definition) is 0. The first-order chi connectivity index (χ1) is 13.4. The van der Waals surface area contributed by atoms with Gasteiger partial charge in [-0.2, -0.15) is 0 Å². The standard InChI is InChI=1S/C22H24F4N3/c1-12(2)29-20(15-8-7-13(23)10-17(15)25)27-28(6)21(29)19-16(22(3,4)5)9-14(24)11-18(19)26/h7-12H,1-6H3/q+1. The topological polar surface area (TPSA) is 21.7 Å². The lowest BCUT2D eigenvalue weighted by atomic mass is 9.83. The van der Waals surface area contributed by atoms with Crippen LogP contribution in [0, 0.1) is 23.3 Å². The van der Waals surface area contributed by atoms with Gasteiger partial charge in [0, 0.05) is 17.2 Å². The Labute approximate surface area is 167 Å². The average molecular weight is 406 g/mol. The van der Waals surface area contributed by atoms with E-state index in [0.717, 1.165) is 18.2 Å². The Morgan fingerprint density at radius 2 is 1.55 bits per heavy atom. The van der Waals surface area contributed by atoms with Crippen molar-refractivity contribution < 1.29 is 22.1 Å². The van der Waals surface area contributed by atoms with Crippen LogP contribution in [-0.2, 0) is 12.5 Å². The third kappa shape index (κ3) is 3.78. The zero-order valence-electron chi connectivity index (χ0n) is 17.3. The van der Waals surface area contributed by atoms with E-state index in [1.165, 1.54) is 16.8 Å². The summed E-state index contributed by atoms with van der Waals surface area (Å²) in [6, 6.07) is 5.16. The minimum Gasteiger partial charge on any atom is -0.221 e. The molecule has 0 radical (unpaired) electrons. The number of benzene rings is 2. The maximum Gasteiger partial charge on any atom is 0.312 e. The first-order valence-corrected chi connectivity index (χ1v) is 9.35. The van der Waals surface area contributed by atoms with E-state index in [9.17, 15) is 13.2 Å². The predicted octanol–water partition coefficient (Wildman–Crippen LogP) is 5.48. The molecule has 3 aromatic rings. The van der Waals surface area contributed by atoms with Crippen molar-refractivity contribution in [1.82, 2.24) is 9.78 Å². The molecule has 3 rings (SSSR count). The van der Waals surface area contributed by atoms with Gasteiger partial charge < -0.3 is 0 Å². The van der Waals surface area contributed by atoms with E-state index in [-0.39, 0.29) is 23.0 Å². The number of hydrogen-bond acceptors (Lipinski definition) is 1. The highest BCUT2D eigenvalue weighted by Crippen LogP contribution is 2.35. The second-order valence-corrected chi connectivity index (χ2v) is 8.42. The summed E-state index contributed by atoms with van der Waals surface area (Å²) in [5, 5.41) is 4.41. The van der Waals surface area contributed by atoms with Gasteiger partial charge in [0.25, 0.3) is 5.82 Å². The highest BCUT2D eigenvalue weighted by molar-refractivity contribution is 5.63. The second kappa shape index (κ2) is 7.28. The zero-order chi connectivity index (χ0) is 21.7. The Balaban J connectivity index is 2.41. The molecule has 0 aliphatic rings. The van der Waals surface area contributed by atoms with Crippen LogP contribution in [0.1, 0.15) is 46.2 Å². The molecule has 0 spiro atoms. The van der Waals surface area contributed by atoms with E-state index in [2.05, 4.69) is 5.10 Å². The largest absolute Gasteiger partial charge is 0.312 e. The summed E-state index contributed by atoms with van der Waals surface area (Å²) in [6.07, 6.45) is 0. The Morgan fingerprint density at radius 1 is 0.931 bits per heavy atom. The minimum atomic E-state index is -0.764. The number of rotatable bonds is 3. The third-order valence-corrected chi connectivity index (χ3v) is 4.78. The molecule has 0 bridgehead atoms. The first kappa shape index (κ1) is 21.0. The van der Waals surface area contributed by atoms with Gasteiger partial charge in [-0.15, -0.1) is 4.68 Å². The molecule has 2 aromatic carbocycles. The number of halogens is 4. The van der Waals surface area contributed by atoms with Crippen LogP contribution in [0.2, 0.25) is 0 Å². The van der Waals surface area contributed by atoms with Crippen LogP contribution in [-0.4, -0.2) is 9.78 Å². The third-order valence-electron chi connectivity index (χ3n) is 4.78. The molecule has 0 aliphatic carbocycles. The fourth-order valence-electron chi connectivity index (χ4n) is 3.51. The molecule has 154 valence electrons. The summed E-state index contributed by atoms with van der Waals surface area (Å²) >= 11 is 0. The van der Waals surface area contributed by atoms with Gasteiger partial charge in [0.2, 0.25) is 0 Å². The van der Waals surface area contributed by atoms with Gasteiger partial charge in [-0.25, -0.2) is 22.1 Å². The van der Waals surface area contributed by atoms with Gasteiger partial charge in [-0.3, -0.25) is 0 Å². The SMILES string of the molecule is CC(C)[n+]1c(-c2ccc(F)cc2F)nn(C)c1-c1c(F)cc(F)cc1C(C)(C)C. The van der Waals surface area contributed by atoms with Crippen LogP contribution in [0.25, 0.3) is 22.8 Å².